The van der Waals surface area contributed by atoms with Crippen molar-refractivity contribution in [3.05, 3.63) is 36.1 Å². The third kappa shape index (κ3) is 6.01. The number of imidazole rings is 3. The number of aromatic carboxylic acids is 1. The van der Waals surface area contributed by atoms with Gasteiger partial charge in [0.2, 0.25) is 17.5 Å². The molecule has 0 saturated heterocycles. The van der Waals surface area contributed by atoms with E-state index < -0.39 is 29.5 Å². The topological polar surface area (TPSA) is 187 Å². The van der Waals surface area contributed by atoms with Crippen LogP contribution in [0.1, 0.15) is 52.6 Å². The molecule has 0 aliphatic carbocycles. The summed E-state index contributed by atoms with van der Waals surface area (Å²) in [5.74, 6) is -2.66. The van der Waals surface area contributed by atoms with Gasteiger partial charge in [0.15, 0.2) is 17.5 Å². The number of aryl methyl sites for hydroxylation is 3. The number of aromatic nitrogens is 6. The molecule has 0 aliphatic rings. The van der Waals surface area contributed by atoms with Gasteiger partial charge in [-0.25, -0.2) is 24.5 Å². The molecule has 15 nitrogen and oxygen atoms in total. The van der Waals surface area contributed by atoms with Crippen molar-refractivity contribution >= 4 is 41.3 Å². The minimum absolute atomic E-state index is 0.0256. The predicted octanol–water partition coefficient (Wildman–Crippen LogP) is 1.44. The smallest absolute Gasteiger partial charge is 0.413 e. The second-order valence-corrected chi connectivity index (χ2v) is 8.52. The van der Waals surface area contributed by atoms with Gasteiger partial charge < -0.3 is 34.2 Å². The van der Waals surface area contributed by atoms with E-state index in [1.807, 2.05) is 0 Å². The van der Waals surface area contributed by atoms with Crippen molar-refractivity contribution in [3.63, 3.8) is 0 Å². The number of carboxylic acids is 1. The molecular weight excluding hydrogens is 462 g/mol. The molecule has 0 fully saturated rings. The van der Waals surface area contributed by atoms with Crippen LogP contribution in [0.15, 0.2) is 18.6 Å². The molecule has 3 amide bonds. The number of nitrogens with one attached hydrogen (secondary N) is 3. The number of anilines is 3. The van der Waals surface area contributed by atoms with Gasteiger partial charge >= 0.3 is 12.1 Å². The van der Waals surface area contributed by atoms with Crippen LogP contribution in [-0.4, -0.2) is 63.2 Å². The van der Waals surface area contributed by atoms with Crippen LogP contribution in [0.2, 0.25) is 0 Å². The lowest BCUT2D eigenvalue weighted by atomic mass is 10.2. The third-order valence-electron chi connectivity index (χ3n) is 4.34. The van der Waals surface area contributed by atoms with Gasteiger partial charge in [-0.1, -0.05) is 0 Å². The average Bonchev–Trinajstić information content (AvgIpc) is 3.36. The highest BCUT2D eigenvalue weighted by Crippen LogP contribution is 2.15. The molecule has 0 spiro atoms. The molecule has 0 unspecified atom stereocenters. The molecule has 3 rings (SSSR count). The standard InChI is InChI=1S/C20H25N9O6/c1-20(2,3)35-19(34)26-12-9-28(5)14(22-12)17(31)24-10-7-27(4)13(21-10)16(30)25-11-8-29(6)15(23-11)18(32)33/h7-9H,1-6H3,(H,24,31)(H,25,30)(H,26,34)(H,32,33). The summed E-state index contributed by atoms with van der Waals surface area (Å²) in [6, 6.07) is 0. The third-order valence-corrected chi connectivity index (χ3v) is 4.34. The number of carboxylic acid groups (broad SMARTS) is 1. The van der Waals surface area contributed by atoms with Crippen LogP contribution in [0, 0.1) is 0 Å². The van der Waals surface area contributed by atoms with Crippen molar-refractivity contribution in [2.45, 2.75) is 26.4 Å². The predicted molar refractivity (Wildman–Crippen MR) is 122 cm³/mol. The minimum atomic E-state index is -1.24. The number of carbonyl (C=O) groups is 4. The minimum Gasteiger partial charge on any atom is -0.475 e. The number of hydrogen-bond donors (Lipinski definition) is 4. The normalized spacial score (nSPS) is 11.1. The van der Waals surface area contributed by atoms with Crippen LogP contribution in [-0.2, 0) is 25.9 Å². The molecule has 186 valence electrons. The van der Waals surface area contributed by atoms with Crippen molar-refractivity contribution in [3.8, 4) is 0 Å². The lowest BCUT2D eigenvalue weighted by molar-refractivity contribution is 0.0632. The van der Waals surface area contributed by atoms with Gasteiger partial charge in [-0.2, -0.15) is 0 Å². The molecule has 3 aromatic heterocycles. The fourth-order valence-corrected chi connectivity index (χ4v) is 2.95. The molecule has 0 aromatic carbocycles. The molecule has 3 heterocycles. The first-order valence-electron chi connectivity index (χ1n) is 10.2. The number of ether oxygens (including phenoxy) is 1. The Kier molecular flexibility index (Phi) is 6.61. The first-order valence-corrected chi connectivity index (χ1v) is 10.2. The molecule has 4 N–H and O–H groups in total. The molecular formula is C20H25N9O6. The number of carbonyl (C=O) groups excluding carboxylic acids is 3. The monoisotopic (exact) mass is 487 g/mol. The zero-order valence-electron chi connectivity index (χ0n) is 19.9. The van der Waals surface area contributed by atoms with E-state index in [4.69, 9.17) is 9.84 Å². The zero-order chi connectivity index (χ0) is 26.1. The van der Waals surface area contributed by atoms with E-state index in [0.717, 1.165) is 0 Å². The first kappa shape index (κ1) is 24.9. The van der Waals surface area contributed by atoms with E-state index in [0.29, 0.717) is 0 Å². The summed E-state index contributed by atoms with van der Waals surface area (Å²) in [5.41, 5.74) is -0.697. The maximum Gasteiger partial charge on any atom is 0.413 e. The van der Waals surface area contributed by atoms with E-state index in [2.05, 4.69) is 30.9 Å². The zero-order valence-corrected chi connectivity index (χ0v) is 19.9. The van der Waals surface area contributed by atoms with Gasteiger partial charge in [-0.05, 0) is 20.8 Å². The summed E-state index contributed by atoms with van der Waals surface area (Å²) >= 11 is 0. The van der Waals surface area contributed by atoms with Crippen LogP contribution < -0.4 is 16.0 Å². The first-order chi connectivity index (χ1) is 16.2. The van der Waals surface area contributed by atoms with Gasteiger partial charge in [0.1, 0.15) is 5.60 Å². The number of rotatable bonds is 6. The lowest BCUT2D eigenvalue weighted by Gasteiger charge is -2.18. The van der Waals surface area contributed by atoms with Crippen molar-refractivity contribution in [2.24, 2.45) is 21.1 Å². The van der Waals surface area contributed by atoms with Gasteiger partial charge in [0.05, 0.1) is 0 Å². The summed E-state index contributed by atoms with van der Waals surface area (Å²) in [5, 5.41) is 16.5. The van der Waals surface area contributed by atoms with E-state index in [1.165, 1.54) is 39.3 Å². The molecule has 0 atom stereocenters. The van der Waals surface area contributed by atoms with E-state index in [-0.39, 0.29) is 34.9 Å². The Hall–Kier alpha value is -4.69. The molecule has 0 saturated carbocycles. The van der Waals surface area contributed by atoms with Crippen LogP contribution in [0.3, 0.4) is 0 Å². The average molecular weight is 487 g/mol. The summed E-state index contributed by atoms with van der Waals surface area (Å²) in [6.45, 7) is 5.15. The van der Waals surface area contributed by atoms with E-state index >= 15 is 0 Å². The molecule has 0 radical (unpaired) electrons. The highest BCUT2D eigenvalue weighted by atomic mass is 16.6. The van der Waals surface area contributed by atoms with Crippen LogP contribution >= 0.6 is 0 Å². The number of hydrogen-bond acceptors (Lipinski definition) is 8. The Bertz CT molecular complexity index is 1310. The highest BCUT2D eigenvalue weighted by Gasteiger charge is 2.22. The Labute approximate surface area is 199 Å². The molecule has 3 aromatic rings. The fourth-order valence-electron chi connectivity index (χ4n) is 2.95. The maximum absolute atomic E-state index is 12.7. The van der Waals surface area contributed by atoms with Crippen molar-refractivity contribution in [1.29, 1.82) is 0 Å². The van der Waals surface area contributed by atoms with Crippen molar-refractivity contribution in [2.75, 3.05) is 16.0 Å². The largest absolute Gasteiger partial charge is 0.475 e. The van der Waals surface area contributed by atoms with Gasteiger partial charge in [-0.15, -0.1) is 0 Å². The van der Waals surface area contributed by atoms with Crippen molar-refractivity contribution < 1.29 is 29.0 Å². The van der Waals surface area contributed by atoms with Gasteiger partial charge in [-0.3, -0.25) is 14.9 Å². The quantitative estimate of drug-likeness (QED) is 0.399. The molecule has 35 heavy (non-hydrogen) atoms. The summed E-state index contributed by atoms with van der Waals surface area (Å²) in [4.78, 5) is 60.3. The fraction of sp³-hybridized carbons (Fsp3) is 0.350. The van der Waals surface area contributed by atoms with Crippen LogP contribution in [0.5, 0.6) is 0 Å². The van der Waals surface area contributed by atoms with Crippen LogP contribution in [0.25, 0.3) is 0 Å². The summed E-state index contributed by atoms with van der Waals surface area (Å²) in [7, 11) is 4.59. The second kappa shape index (κ2) is 9.28. The van der Waals surface area contributed by atoms with Crippen LogP contribution in [0.4, 0.5) is 22.2 Å². The van der Waals surface area contributed by atoms with E-state index in [1.54, 1.807) is 34.9 Å². The Morgan fingerprint density at radius 2 is 1.11 bits per heavy atom. The maximum atomic E-state index is 12.7. The van der Waals surface area contributed by atoms with Crippen molar-refractivity contribution in [1.82, 2.24) is 28.7 Å². The molecule has 0 aliphatic heterocycles. The second-order valence-electron chi connectivity index (χ2n) is 8.52. The Morgan fingerprint density at radius 3 is 1.49 bits per heavy atom. The number of amides is 3. The number of nitrogens with zero attached hydrogens (tertiary/aromatic N) is 6. The van der Waals surface area contributed by atoms with Gasteiger partial charge in [0, 0.05) is 39.7 Å². The molecule has 0 bridgehead atoms. The summed E-state index contributed by atoms with van der Waals surface area (Å²) < 4.78 is 9.19. The Morgan fingerprint density at radius 1 is 0.743 bits per heavy atom. The highest BCUT2D eigenvalue weighted by molar-refractivity contribution is 6.04. The van der Waals surface area contributed by atoms with E-state index in [9.17, 15) is 19.2 Å². The molecule has 15 heteroatoms. The lowest BCUT2D eigenvalue weighted by Crippen LogP contribution is -2.27. The Balaban J connectivity index is 1.69. The van der Waals surface area contributed by atoms with Gasteiger partial charge in [0.25, 0.3) is 11.8 Å². The summed E-state index contributed by atoms with van der Waals surface area (Å²) in [6.07, 6.45) is 3.48. The SMILES string of the molecule is Cn1cc(NC(=O)c2nc(NC(=O)c3nc(NC(=O)OC(C)(C)C)cn3C)cn2C)nc1C(=O)O.